The summed E-state index contributed by atoms with van der Waals surface area (Å²) in [6, 6.07) is 2.92. The van der Waals surface area contributed by atoms with Gasteiger partial charge < -0.3 is 10.1 Å². The van der Waals surface area contributed by atoms with Crippen LogP contribution in [0.5, 0.6) is 5.75 Å². The molecule has 0 fully saturated rings. The zero-order chi connectivity index (χ0) is 15.5. The van der Waals surface area contributed by atoms with Crippen LogP contribution in [0.15, 0.2) is 33.2 Å². The van der Waals surface area contributed by atoms with E-state index in [2.05, 4.69) is 26.0 Å². The lowest BCUT2D eigenvalue weighted by atomic mass is 10.1. The predicted molar refractivity (Wildman–Crippen MR) is 86.5 cm³/mol. The van der Waals surface area contributed by atoms with Gasteiger partial charge in [-0.2, -0.15) is 0 Å². The van der Waals surface area contributed by atoms with Gasteiger partial charge in [0, 0.05) is 17.6 Å². The van der Waals surface area contributed by atoms with E-state index in [-0.39, 0.29) is 9.92 Å². The van der Waals surface area contributed by atoms with Crippen LogP contribution in [0.3, 0.4) is 0 Å². The molecule has 0 amide bonds. The first-order valence-electron chi connectivity index (χ1n) is 6.35. The summed E-state index contributed by atoms with van der Waals surface area (Å²) in [5.74, 6) is 0.420. The van der Waals surface area contributed by atoms with Gasteiger partial charge in [0.2, 0.25) is 10.0 Å². The van der Waals surface area contributed by atoms with Crippen LogP contribution in [-0.4, -0.2) is 35.2 Å². The Morgan fingerprint density at radius 2 is 2.24 bits per heavy atom. The van der Waals surface area contributed by atoms with Crippen molar-refractivity contribution in [2.75, 3.05) is 26.7 Å². The average molecular weight is 396 g/mol. The second-order valence-corrected chi connectivity index (χ2v) is 7.56. The van der Waals surface area contributed by atoms with Crippen molar-refractivity contribution in [2.24, 2.45) is 0 Å². The van der Waals surface area contributed by atoms with Crippen molar-refractivity contribution >= 4 is 37.6 Å². The Kier molecular flexibility index (Phi) is 5.67. The fourth-order valence-electron chi connectivity index (χ4n) is 1.97. The van der Waals surface area contributed by atoms with Crippen LogP contribution in [-0.2, 0) is 10.0 Å². The molecule has 0 saturated carbocycles. The van der Waals surface area contributed by atoms with E-state index in [1.807, 2.05) is 6.08 Å². The van der Waals surface area contributed by atoms with Gasteiger partial charge in [0.05, 0.1) is 17.0 Å². The second-order valence-electron chi connectivity index (χ2n) is 4.56. The molecule has 21 heavy (non-hydrogen) atoms. The molecule has 1 aromatic carbocycles. The lowest BCUT2D eigenvalue weighted by Gasteiger charge is -2.15. The number of hydrogen-bond acceptors (Lipinski definition) is 4. The molecule has 0 aromatic heterocycles. The zero-order valence-corrected chi connectivity index (χ0v) is 14.6. The van der Waals surface area contributed by atoms with Crippen molar-refractivity contribution in [3.63, 3.8) is 0 Å². The molecule has 1 heterocycles. The maximum Gasteiger partial charge on any atom is 0.242 e. The Balaban J connectivity index is 2.19. The smallest absolute Gasteiger partial charge is 0.242 e. The van der Waals surface area contributed by atoms with E-state index in [1.165, 1.54) is 13.2 Å². The zero-order valence-electron chi connectivity index (χ0n) is 11.4. The van der Waals surface area contributed by atoms with Gasteiger partial charge in [-0.15, -0.1) is 0 Å². The second kappa shape index (κ2) is 7.11. The van der Waals surface area contributed by atoms with Gasteiger partial charge in [0.25, 0.3) is 0 Å². The minimum Gasteiger partial charge on any atom is -0.495 e. The standard InChI is InChI=1S/C13H16BrClN2O3S/c1-20-12-6-10(14)13(7-11(12)15)21(18,19)17-8-9-2-4-16-5-3-9/h2,6-7,16-17H,3-5,8H2,1H3. The van der Waals surface area contributed by atoms with E-state index in [0.29, 0.717) is 16.8 Å². The minimum absolute atomic E-state index is 0.0998. The molecule has 0 radical (unpaired) electrons. The van der Waals surface area contributed by atoms with Crippen LogP contribution in [0.1, 0.15) is 6.42 Å². The van der Waals surface area contributed by atoms with E-state index in [1.54, 1.807) is 6.07 Å². The van der Waals surface area contributed by atoms with Gasteiger partial charge in [0.15, 0.2) is 0 Å². The predicted octanol–water partition coefficient (Wildman–Crippen LogP) is 2.31. The van der Waals surface area contributed by atoms with E-state index in [4.69, 9.17) is 16.3 Å². The number of benzene rings is 1. The van der Waals surface area contributed by atoms with Gasteiger partial charge in [-0.05, 0) is 41.0 Å². The fourth-order valence-corrected chi connectivity index (χ4v) is 4.36. The molecule has 1 aliphatic heterocycles. The summed E-state index contributed by atoms with van der Waals surface area (Å²) in [6.07, 6.45) is 2.84. The van der Waals surface area contributed by atoms with Gasteiger partial charge in [-0.25, -0.2) is 13.1 Å². The molecule has 0 saturated heterocycles. The van der Waals surface area contributed by atoms with Crippen LogP contribution >= 0.6 is 27.5 Å². The highest BCUT2D eigenvalue weighted by atomic mass is 79.9. The van der Waals surface area contributed by atoms with Gasteiger partial charge in [-0.3, -0.25) is 0 Å². The Hall–Kier alpha value is -0.600. The lowest BCUT2D eigenvalue weighted by Crippen LogP contribution is -2.30. The normalized spacial score (nSPS) is 15.7. The van der Waals surface area contributed by atoms with Gasteiger partial charge in [0.1, 0.15) is 5.75 Å². The molecule has 2 rings (SSSR count). The van der Waals surface area contributed by atoms with Gasteiger partial charge in [-0.1, -0.05) is 23.3 Å². The third-order valence-corrected chi connectivity index (χ3v) is 5.80. The maximum absolute atomic E-state index is 12.4. The van der Waals surface area contributed by atoms with Crippen LogP contribution in [0.25, 0.3) is 0 Å². The minimum atomic E-state index is -3.64. The van der Waals surface area contributed by atoms with Crippen LogP contribution in [0.4, 0.5) is 0 Å². The molecule has 0 spiro atoms. The summed E-state index contributed by atoms with van der Waals surface area (Å²) in [4.78, 5) is 0.0998. The van der Waals surface area contributed by atoms with E-state index in [0.717, 1.165) is 25.1 Å². The number of halogens is 2. The molecule has 1 aromatic rings. The first kappa shape index (κ1) is 16.8. The van der Waals surface area contributed by atoms with Crippen LogP contribution < -0.4 is 14.8 Å². The first-order valence-corrected chi connectivity index (χ1v) is 9.01. The molecular weight excluding hydrogens is 380 g/mol. The van der Waals surface area contributed by atoms with Crippen molar-refractivity contribution in [3.05, 3.63) is 33.3 Å². The average Bonchev–Trinajstić information content (AvgIpc) is 2.48. The molecule has 0 atom stereocenters. The molecule has 1 aliphatic rings. The van der Waals surface area contributed by atoms with E-state index in [9.17, 15) is 8.42 Å². The molecule has 2 N–H and O–H groups in total. The Bertz CT molecular complexity index is 662. The highest BCUT2D eigenvalue weighted by Gasteiger charge is 2.20. The summed E-state index contributed by atoms with van der Waals surface area (Å²) in [5, 5.41) is 3.43. The summed E-state index contributed by atoms with van der Waals surface area (Å²) < 4.78 is 32.8. The summed E-state index contributed by atoms with van der Waals surface area (Å²) >= 11 is 9.24. The lowest BCUT2D eigenvalue weighted by molar-refractivity contribution is 0.414. The summed E-state index contributed by atoms with van der Waals surface area (Å²) in [7, 11) is -2.16. The molecule has 8 heteroatoms. The SMILES string of the molecule is COc1cc(Br)c(S(=O)(=O)NCC2=CCNCC2)cc1Cl. The molecule has 116 valence electrons. The number of hydrogen-bond donors (Lipinski definition) is 2. The topological polar surface area (TPSA) is 67.4 Å². The molecule has 0 aliphatic carbocycles. The summed E-state index contributed by atoms with van der Waals surface area (Å²) in [5.41, 5.74) is 1.08. The molecule has 0 bridgehead atoms. The Labute approximate surface area is 137 Å². The quantitative estimate of drug-likeness (QED) is 0.751. The Morgan fingerprint density at radius 3 is 2.86 bits per heavy atom. The number of methoxy groups -OCH3 is 1. The Morgan fingerprint density at radius 1 is 1.48 bits per heavy atom. The number of sulfonamides is 1. The number of nitrogens with one attached hydrogen (secondary N) is 2. The van der Waals surface area contributed by atoms with E-state index < -0.39 is 10.0 Å². The highest BCUT2D eigenvalue weighted by molar-refractivity contribution is 9.10. The third-order valence-electron chi connectivity index (χ3n) is 3.14. The van der Waals surface area contributed by atoms with Crippen LogP contribution in [0.2, 0.25) is 5.02 Å². The first-order chi connectivity index (χ1) is 9.94. The largest absolute Gasteiger partial charge is 0.495 e. The molecule has 5 nitrogen and oxygen atoms in total. The van der Waals surface area contributed by atoms with Crippen molar-refractivity contribution < 1.29 is 13.2 Å². The molecular formula is C13H16BrClN2O3S. The van der Waals surface area contributed by atoms with E-state index >= 15 is 0 Å². The third kappa shape index (κ3) is 4.20. The number of ether oxygens (including phenoxy) is 1. The highest BCUT2D eigenvalue weighted by Crippen LogP contribution is 2.33. The molecule has 0 unspecified atom stereocenters. The van der Waals surface area contributed by atoms with Crippen molar-refractivity contribution in [2.45, 2.75) is 11.3 Å². The number of rotatable bonds is 5. The van der Waals surface area contributed by atoms with Gasteiger partial charge >= 0.3 is 0 Å². The monoisotopic (exact) mass is 394 g/mol. The fraction of sp³-hybridized carbons (Fsp3) is 0.385. The van der Waals surface area contributed by atoms with Crippen LogP contribution in [0, 0.1) is 0 Å². The maximum atomic E-state index is 12.4. The summed E-state index contributed by atoms with van der Waals surface area (Å²) in [6.45, 7) is 1.95. The van der Waals surface area contributed by atoms with Crippen molar-refractivity contribution in [1.82, 2.24) is 10.0 Å². The van der Waals surface area contributed by atoms with Crippen molar-refractivity contribution in [1.29, 1.82) is 0 Å². The van der Waals surface area contributed by atoms with Crippen molar-refractivity contribution in [3.8, 4) is 5.75 Å².